The lowest BCUT2D eigenvalue weighted by Crippen LogP contribution is -2.25. The van der Waals surface area contributed by atoms with Gasteiger partial charge in [0.05, 0.1) is 7.11 Å². The van der Waals surface area contributed by atoms with E-state index in [9.17, 15) is 0 Å². The van der Waals surface area contributed by atoms with Crippen LogP contribution in [0.4, 0.5) is 0 Å². The fourth-order valence-corrected chi connectivity index (χ4v) is 2.90. The summed E-state index contributed by atoms with van der Waals surface area (Å²) in [5, 5.41) is 3.52. The van der Waals surface area contributed by atoms with Crippen LogP contribution in [0, 0.1) is 6.92 Å². The van der Waals surface area contributed by atoms with Crippen molar-refractivity contribution < 1.29 is 9.47 Å². The molecule has 0 aliphatic heterocycles. The van der Waals surface area contributed by atoms with Gasteiger partial charge in [-0.15, -0.1) is 0 Å². The quantitative estimate of drug-likeness (QED) is 0.667. The number of benzene rings is 2. The molecule has 0 radical (unpaired) electrons. The Bertz CT molecular complexity index is 673. The lowest BCUT2D eigenvalue weighted by Gasteiger charge is -2.19. The molecule has 0 aliphatic carbocycles. The van der Waals surface area contributed by atoms with Crippen molar-refractivity contribution in [2.24, 2.45) is 0 Å². The summed E-state index contributed by atoms with van der Waals surface area (Å²) in [4.78, 5) is 0. The summed E-state index contributed by atoms with van der Waals surface area (Å²) in [7, 11) is 1.68. The summed E-state index contributed by atoms with van der Waals surface area (Å²) in [6.45, 7) is 7.69. The van der Waals surface area contributed by atoms with Crippen LogP contribution >= 0.6 is 15.9 Å². The van der Waals surface area contributed by atoms with E-state index in [0.29, 0.717) is 12.6 Å². The van der Waals surface area contributed by atoms with Crippen molar-refractivity contribution in [3.8, 4) is 11.5 Å². The smallest absolute Gasteiger partial charge is 0.167 e. The normalized spacial score (nSPS) is 12.0. The Morgan fingerprint density at radius 2 is 2.00 bits per heavy atom. The van der Waals surface area contributed by atoms with Crippen molar-refractivity contribution in [2.75, 3.05) is 7.11 Å². The van der Waals surface area contributed by atoms with Crippen LogP contribution in [0.3, 0.4) is 0 Å². The molecule has 0 aromatic heterocycles. The van der Waals surface area contributed by atoms with Crippen LogP contribution in [0.2, 0.25) is 0 Å². The van der Waals surface area contributed by atoms with E-state index in [1.807, 2.05) is 12.1 Å². The molecule has 130 valence electrons. The second-order valence-corrected chi connectivity index (χ2v) is 6.88. The number of hydrogen-bond donors (Lipinski definition) is 1. The van der Waals surface area contributed by atoms with Crippen LogP contribution in [-0.2, 0) is 13.2 Å². The van der Waals surface area contributed by atoms with E-state index in [4.69, 9.17) is 9.47 Å². The molecule has 0 aliphatic rings. The fourth-order valence-electron chi connectivity index (χ4n) is 2.44. The molecule has 2 rings (SSSR count). The number of methoxy groups -OCH3 is 1. The van der Waals surface area contributed by atoms with Crippen molar-refractivity contribution in [3.63, 3.8) is 0 Å². The fraction of sp³-hybridized carbons (Fsp3) is 0.400. The minimum atomic E-state index is 0.452. The maximum Gasteiger partial charge on any atom is 0.167 e. The molecule has 0 bridgehead atoms. The Morgan fingerprint density at radius 3 is 2.67 bits per heavy atom. The average molecular weight is 392 g/mol. The summed E-state index contributed by atoms with van der Waals surface area (Å²) >= 11 is 3.64. The monoisotopic (exact) mass is 391 g/mol. The van der Waals surface area contributed by atoms with E-state index in [0.717, 1.165) is 40.1 Å². The van der Waals surface area contributed by atoms with Crippen molar-refractivity contribution >= 4 is 15.9 Å². The van der Waals surface area contributed by atoms with Gasteiger partial charge >= 0.3 is 0 Å². The molecule has 1 unspecified atom stereocenters. The van der Waals surface area contributed by atoms with E-state index in [1.165, 1.54) is 5.56 Å². The van der Waals surface area contributed by atoms with Gasteiger partial charge in [-0.05, 0) is 38.0 Å². The van der Waals surface area contributed by atoms with E-state index < -0.39 is 0 Å². The minimum absolute atomic E-state index is 0.452. The standard InChI is InChI=1S/C20H26BrNO2/c1-5-15(3)22-12-17-18(21)9-10-19(23-4)20(17)24-13-16-8-6-7-14(2)11-16/h6-11,15,22H,5,12-13H2,1-4H3. The van der Waals surface area contributed by atoms with Gasteiger partial charge in [0.25, 0.3) is 0 Å². The van der Waals surface area contributed by atoms with Gasteiger partial charge in [0.15, 0.2) is 11.5 Å². The predicted octanol–water partition coefficient (Wildman–Crippen LogP) is 5.23. The summed E-state index contributed by atoms with van der Waals surface area (Å²) < 4.78 is 12.7. The largest absolute Gasteiger partial charge is 0.493 e. The number of rotatable bonds is 8. The van der Waals surface area contributed by atoms with Crippen molar-refractivity contribution in [2.45, 2.75) is 46.4 Å². The molecule has 2 aromatic carbocycles. The van der Waals surface area contributed by atoms with Crippen molar-refractivity contribution in [3.05, 3.63) is 57.6 Å². The van der Waals surface area contributed by atoms with Crippen LogP contribution in [0.1, 0.15) is 37.0 Å². The molecule has 4 heteroatoms. The second kappa shape index (κ2) is 9.09. The first-order chi connectivity index (χ1) is 11.5. The third kappa shape index (κ3) is 4.99. The highest BCUT2D eigenvalue weighted by Gasteiger charge is 2.15. The first-order valence-electron chi connectivity index (χ1n) is 8.32. The van der Waals surface area contributed by atoms with Gasteiger partial charge in [-0.3, -0.25) is 0 Å². The summed E-state index contributed by atoms with van der Waals surface area (Å²) in [5.41, 5.74) is 3.47. The molecule has 0 spiro atoms. The molecular formula is C20H26BrNO2. The predicted molar refractivity (Wildman–Crippen MR) is 103 cm³/mol. The highest BCUT2D eigenvalue weighted by molar-refractivity contribution is 9.10. The molecule has 0 heterocycles. The zero-order valence-electron chi connectivity index (χ0n) is 14.9. The summed E-state index contributed by atoms with van der Waals surface area (Å²) in [6.07, 6.45) is 1.08. The molecular weight excluding hydrogens is 366 g/mol. The van der Waals surface area contributed by atoms with Crippen LogP contribution in [-0.4, -0.2) is 13.2 Å². The van der Waals surface area contributed by atoms with Crippen LogP contribution in [0.15, 0.2) is 40.9 Å². The molecule has 0 saturated heterocycles. The van der Waals surface area contributed by atoms with Crippen LogP contribution in [0.25, 0.3) is 0 Å². The maximum absolute atomic E-state index is 6.15. The first-order valence-corrected chi connectivity index (χ1v) is 9.11. The topological polar surface area (TPSA) is 30.5 Å². The molecule has 0 saturated carbocycles. The Morgan fingerprint density at radius 1 is 1.21 bits per heavy atom. The Labute approximate surface area is 153 Å². The lowest BCUT2D eigenvalue weighted by atomic mass is 10.1. The molecule has 0 amide bonds. The molecule has 1 N–H and O–H groups in total. The van der Waals surface area contributed by atoms with E-state index in [2.05, 4.69) is 66.3 Å². The number of halogens is 1. The van der Waals surface area contributed by atoms with Crippen molar-refractivity contribution in [1.29, 1.82) is 0 Å². The third-order valence-electron chi connectivity index (χ3n) is 4.09. The van der Waals surface area contributed by atoms with Gasteiger partial charge in [0.1, 0.15) is 6.61 Å². The van der Waals surface area contributed by atoms with Gasteiger partial charge in [-0.2, -0.15) is 0 Å². The zero-order valence-corrected chi connectivity index (χ0v) is 16.4. The van der Waals surface area contributed by atoms with Gasteiger partial charge < -0.3 is 14.8 Å². The zero-order chi connectivity index (χ0) is 17.5. The molecule has 0 fully saturated rings. The van der Waals surface area contributed by atoms with E-state index >= 15 is 0 Å². The summed E-state index contributed by atoms with van der Waals surface area (Å²) in [6, 6.07) is 12.7. The van der Waals surface area contributed by atoms with E-state index in [1.54, 1.807) is 7.11 Å². The van der Waals surface area contributed by atoms with Crippen molar-refractivity contribution in [1.82, 2.24) is 5.32 Å². The van der Waals surface area contributed by atoms with Gasteiger partial charge in [0.2, 0.25) is 0 Å². The lowest BCUT2D eigenvalue weighted by molar-refractivity contribution is 0.280. The van der Waals surface area contributed by atoms with Gasteiger partial charge in [-0.25, -0.2) is 0 Å². The number of hydrogen-bond acceptors (Lipinski definition) is 3. The number of nitrogens with one attached hydrogen (secondary N) is 1. The van der Waals surface area contributed by atoms with E-state index in [-0.39, 0.29) is 0 Å². The Kier molecular flexibility index (Phi) is 7.13. The maximum atomic E-state index is 6.15. The van der Waals surface area contributed by atoms with Crippen LogP contribution < -0.4 is 14.8 Å². The van der Waals surface area contributed by atoms with Gasteiger partial charge in [-0.1, -0.05) is 52.7 Å². The molecule has 3 nitrogen and oxygen atoms in total. The summed E-state index contributed by atoms with van der Waals surface area (Å²) in [5.74, 6) is 1.55. The minimum Gasteiger partial charge on any atom is -0.493 e. The van der Waals surface area contributed by atoms with Gasteiger partial charge in [0, 0.05) is 22.6 Å². The molecule has 1 atom stereocenters. The number of ether oxygens (including phenoxy) is 2. The number of aryl methyl sites for hydroxylation is 1. The molecule has 24 heavy (non-hydrogen) atoms. The Balaban J connectivity index is 2.23. The third-order valence-corrected chi connectivity index (χ3v) is 4.84. The Hall–Kier alpha value is -1.52. The average Bonchev–Trinajstić information content (AvgIpc) is 2.58. The highest BCUT2D eigenvalue weighted by atomic mass is 79.9. The molecule has 2 aromatic rings. The highest BCUT2D eigenvalue weighted by Crippen LogP contribution is 2.37. The van der Waals surface area contributed by atoms with Crippen LogP contribution in [0.5, 0.6) is 11.5 Å². The first kappa shape index (κ1) is 18.8. The SMILES string of the molecule is CCC(C)NCc1c(Br)ccc(OC)c1OCc1cccc(C)c1. The second-order valence-electron chi connectivity index (χ2n) is 6.03.